The number of hydrogen-bond acceptors (Lipinski definition) is 6. The Hall–Kier alpha value is -1.40. The lowest BCUT2D eigenvalue weighted by atomic mass is 10.3. The highest BCUT2D eigenvalue weighted by Crippen LogP contribution is 2.14. The van der Waals surface area contributed by atoms with Gasteiger partial charge in [-0.3, -0.25) is 0 Å². The number of anilines is 2. The molecule has 16 heavy (non-hydrogen) atoms. The van der Waals surface area contributed by atoms with Crippen molar-refractivity contribution in [3.05, 3.63) is 11.9 Å². The van der Waals surface area contributed by atoms with Crippen molar-refractivity contribution >= 4 is 11.6 Å². The van der Waals surface area contributed by atoms with E-state index in [9.17, 15) is 0 Å². The van der Waals surface area contributed by atoms with E-state index in [1.54, 1.807) is 14.2 Å². The molecule has 1 unspecified atom stereocenters. The summed E-state index contributed by atoms with van der Waals surface area (Å²) in [5.74, 6) is 1.21. The van der Waals surface area contributed by atoms with Crippen LogP contribution in [0.1, 0.15) is 5.56 Å². The maximum Gasteiger partial charge on any atom is 0.134 e. The van der Waals surface area contributed by atoms with Crippen LogP contribution in [0.5, 0.6) is 0 Å². The van der Waals surface area contributed by atoms with E-state index in [-0.39, 0.29) is 6.10 Å². The zero-order valence-corrected chi connectivity index (χ0v) is 9.86. The van der Waals surface area contributed by atoms with E-state index in [0.717, 1.165) is 11.4 Å². The molecule has 1 atom stereocenters. The number of nitrogen functional groups attached to an aromatic ring is 1. The average molecular weight is 226 g/mol. The molecular weight excluding hydrogens is 208 g/mol. The summed E-state index contributed by atoms with van der Waals surface area (Å²) in [7, 11) is 3.28. The van der Waals surface area contributed by atoms with Gasteiger partial charge in [-0.05, 0) is 6.92 Å². The summed E-state index contributed by atoms with van der Waals surface area (Å²) in [5, 5.41) is 3.15. The lowest BCUT2D eigenvalue weighted by Crippen LogP contribution is -2.27. The maximum absolute atomic E-state index is 5.67. The van der Waals surface area contributed by atoms with Gasteiger partial charge in [0.25, 0.3) is 0 Å². The largest absolute Gasteiger partial charge is 0.383 e. The van der Waals surface area contributed by atoms with Crippen LogP contribution in [-0.4, -0.2) is 43.4 Å². The van der Waals surface area contributed by atoms with Crippen molar-refractivity contribution in [3.63, 3.8) is 0 Å². The van der Waals surface area contributed by atoms with E-state index in [1.165, 1.54) is 6.33 Å². The fourth-order valence-electron chi connectivity index (χ4n) is 1.25. The summed E-state index contributed by atoms with van der Waals surface area (Å²) >= 11 is 0. The number of hydrogen-bond donors (Lipinski definition) is 2. The van der Waals surface area contributed by atoms with E-state index in [0.29, 0.717) is 19.0 Å². The third-order valence-corrected chi connectivity index (χ3v) is 2.31. The van der Waals surface area contributed by atoms with E-state index in [2.05, 4.69) is 15.3 Å². The summed E-state index contributed by atoms with van der Waals surface area (Å²) in [5.41, 5.74) is 6.51. The molecule has 0 aliphatic heterocycles. The minimum atomic E-state index is -0.0133. The highest BCUT2D eigenvalue weighted by molar-refractivity contribution is 5.53. The first-order valence-corrected chi connectivity index (χ1v) is 5.01. The Labute approximate surface area is 95.2 Å². The molecular formula is C10H18N4O2. The molecule has 0 aliphatic rings. The predicted octanol–water partition coefficient (Wildman–Crippen LogP) is 0.441. The fraction of sp³-hybridized carbons (Fsp3) is 0.600. The highest BCUT2D eigenvalue weighted by atomic mass is 16.5. The van der Waals surface area contributed by atoms with Crippen LogP contribution in [0, 0.1) is 6.92 Å². The molecule has 6 nitrogen and oxygen atoms in total. The smallest absolute Gasteiger partial charge is 0.134 e. The second kappa shape index (κ2) is 6.24. The number of nitrogens with zero attached hydrogens (tertiary/aromatic N) is 2. The maximum atomic E-state index is 5.67. The van der Waals surface area contributed by atoms with Gasteiger partial charge >= 0.3 is 0 Å². The van der Waals surface area contributed by atoms with Crippen molar-refractivity contribution in [1.82, 2.24) is 9.97 Å². The monoisotopic (exact) mass is 226 g/mol. The van der Waals surface area contributed by atoms with Crippen molar-refractivity contribution in [2.75, 3.05) is 38.4 Å². The first-order valence-electron chi connectivity index (χ1n) is 5.01. The normalized spacial score (nSPS) is 12.4. The average Bonchev–Trinajstić information content (AvgIpc) is 2.29. The fourth-order valence-corrected chi connectivity index (χ4v) is 1.25. The zero-order chi connectivity index (χ0) is 12.0. The number of nitrogens with two attached hydrogens (primary N) is 1. The standard InChI is InChI=1S/C10H18N4O2/c1-7-9(11)13-6-14-10(7)12-4-8(16-3)5-15-2/h6,8H,4-5H2,1-3H3,(H3,11,12,13,14). The lowest BCUT2D eigenvalue weighted by molar-refractivity contribution is 0.0365. The van der Waals surface area contributed by atoms with Crippen LogP contribution in [0.4, 0.5) is 11.6 Å². The summed E-state index contributed by atoms with van der Waals surface area (Å²) in [4.78, 5) is 8.00. The SMILES string of the molecule is COCC(CNc1ncnc(N)c1C)OC. The first kappa shape index (κ1) is 12.7. The second-order valence-electron chi connectivity index (χ2n) is 3.43. The molecule has 1 heterocycles. The molecule has 0 aromatic carbocycles. The molecule has 0 fully saturated rings. The molecule has 6 heteroatoms. The first-order chi connectivity index (χ1) is 7.69. The van der Waals surface area contributed by atoms with Crippen molar-refractivity contribution in [2.24, 2.45) is 0 Å². The van der Waals surface area contributed by atoms with Gasteiger partial charge in [0.05, 0.1) is 12.7 Å². The van der Waals surface area contributed by atoms with Crippen molar-refractivity contribution in [3.8, 4) is 0 Å². The van der Waals surface area contributed by atoms with Crippen molar-refractivity contribution in [1.29, 1.82) is 0 Å². The topological polar surface area (TPSA) is 82.3 Å². The quantitative estimate of drug-likeness (QED) is 0.732. The third-order valence-electron chi connectivity index (χ3n) is 2.31. The third kappa shape index (κ3) is 3.32. The number of ether oxygens (including phenoxy) is 2. The molecule has 0 aliphatic carbocycles. The van der Waals surface area contributed by atoms with Crippen LogP contribution in [0.15, 0.2) is 6.33 Å². The molecule has 0 spiro atoms. The second-order valence-corrected chi connectivity index (χ2v) is 3.43. The minimum Gasteiger partial charge on any atom is -0.383 e. The van der Waals surface area contributed by atoms with Gasteiger partial charge in [0, 0.05) is 26.3 Å². The van der Waals surface area contributed by atoms with Crippen molar-refractivity contribution in [2.45, 2.75) is 13.0 Å². The molecule has 1 rings (SSSR count). The Morgan fingerprint density at radius 3 is 2.81 bits per heavy atom. The van der Waals surface area contributed by atoms with E-state index in [1.807, 2.05) is 6.92 Å². The van der Waals surface area contributed by atoms with Gasteiger partial charge in [-0.1, -0.05) is 0 Å². The van der Waals surface area contributed by atoms with Crippen molar-refractivity contribution < 1.29 is 9.47 Å². The summed E-state index contributed by atoms with van der Waals surface area (Å²) in [6.07, 6.45) is 1.42. The zero-order valence-electron chi connectivity index (χ0n) is 9.86. The lowest BCUT2D eigenvalue weighted by Gasteiger charge is -2.16. The molecule has 0 bridgehead atoms. The van der Waals surface area contributed by atoms with Crippen LogP contribution in [-0.2, 0) is 9.47 Å². The minimum absolute atomic E-state index is 0.0133. The van der Waals surface area contributed by atoms with Gasteiger partial charge in [0.15, 0.2) is 0 Å². The highest BCUT2D eigenvalue weighted by Gasteiger charge is 2.09. The summed E-state index contributed by atoms with van der Waals surface area (Å²) < 4.78 is 10.2. The van der Waals surface area contributed by atoms with Gasteiger partial charge in [-0.15, -0.1) is 0 Å². The Kier molecular flexibility index (Phi) is 4.94. The van der Waals surface area contributed by atoms with Gasteiger partial charge in [-0.2, -0.15) is 0 Å². The van der Waals surface area contributed by atoms with Gasteiger partial charge in [0.1, 0.15) is 18.0 Å². The predicted molar refractivity (Wildman–Crippen MR) is 62.3 cm³/mol. The Morgan fingerprint density at radius 1 is 1.44 bits per heavy atom. The van der Waals surface area contributed by atoms with E-state index < -0.39 is 0 Å². The van der Waals surface area contributed by atoms with Crippen LogP contribution in [0.25, 0.3) is 0 Å². The molecule has 0 radical (unpaired) electrons. The number of nitrogens with one attached hydrogen (secondary N) is 1. The Bertz CT molecular complexity index is 333. The molecule has 0 saturated heterocycles. The van der Waals surface area contributed by atoms with Crippen LogP contribution >= 0.6 is 0 Å². The molecule has 1 aromatic heterocycles. The molecule has 0 saturated carbocycles. The van der Waals surface area contributed by atoms with Crippen LogP contribution in [0.2, 0.25) is 0 Å². The van der Waals surface area contributed by atoms with E-state index >= 15 is 0 Å². The number of methoxy groups -OCH3 is 2. The summed E-state index contributed by atoms with van der Waals surface area (Å²) in [6, 6.07) is 0. The molecule has 90 valence electrons. The number of rotatable bonds is 6. The molecule has 1 aromatic rings. The van der Waals surface area contributed by atoms with Crippen LogP contribution in [0.3, 0.4) is 0 Å². The van der Waals surface area contributed by atoms with E-state index in [4.69, 9.17) is 15.2 Å². The van der Waals surface area contributed by atoms with Crippen LogP contribution < -0.4 is 11.1 Å². The number of aromatic nitrogens is 2. The van der Waals surface area contributed by atoms with Gasteiger partial charge in [0.2, 0.25) is 0 Å². The molecule has 3 N–H and O–H groups in total. The Morgan fingerprint density at radius 2 is 2.19 bits per heavy atom. The molecule has 0 amide bonds. The van der Waals surface area contributed by atoms with Gasteiger partial charge < -0.3 is 20.5 Å². The Balaban J connectivity index is 2.56. The van der Waals surface area contributed by atoms with Gasteiger partial charge in [-0.25, -0.2) is 9.97 Å². The summed E-state index contributed by atoms with van der Waals surface area (Å²) in [6.45, 7) is 3.01.